The van der Waals surface area contributed by atoms with Crippen LogP contribution in [0.4, 0.5) is 0 Å². The van der Waals surface area contributed by atoms with Gasteiger partial charge in [-0.2, -0.15) is 0 Å². The number of carbonyl (C=O) groups is 1. The third kappa shape index (κ3) is 5.26. The van der Waals surface area contributed by atoms with E-state index in [-0.39, 0.29) is 17.4 Å². The van der Waals surface area contributed by atoms with Gasteiger partial charge in [-0.25, -0.2) is 4.79 Å². The molecule has 3 aromatic rings. The number of halogens is 4. The Hall–Kier alpha value is -1.53. The second-order valence-electron chi connectivity index (χ2n) is 5.47. The molecule has 7 heteroatoms. The Morgan fingerprint density at radius 3 is 2.30 bits per heavy atom. The SMILES string of the molecule is O=C(COc1ccc(-c2ccccc2)cc1Br)Oc1c(Cl)cc(Cl)cc1Br. The maximum atomic E-state index is 12.1. The summed E-state index contributed by atoms with van der Waals surface area (Å²) in [5.74, 6) is 0.153. The van der Waals surface area contributed by atoms with Gasteiger partial charge in [0.2, 0.25) is 0 Å². The van der Waals surface area contributed by atoms with Gasteiger partial charge in [-0.05, 0) is 67.3 Å². The Labute approximate surface area is 183 Å². The van der Waals surface area contributed by atoms with Crippen molar-refractivity contribution in [1.82, 2.24) is 0 Å². The van der Waals surface area contributed by atoms with E-state index in [9.17, 15) is 4.79 Å². The first-order valence-electron chi connectivity index (χ1n) is 7.77. The third-order valence-electron chi connectivity index (χ3n) is 3.56. The second-order valence-corrected chi connectivity index (χ2v) is 8.02. The molecule has 0 heterocycles. The van der Waals surface area contributed by atoms with E-state index in [1.165, 1.54) is 6.07 Å². The van der Waals surface area contributed by atoms with E-state index >= 15 is 0 Å². The van der Waals surface area contributed by atoms with E-state index in [2.05, 4.69) is 31.9 Å². The highest BCUT2D eigenvalue weighted by Crippen LogP contribution is 2.36. The molecule has 0 fully saturated rings. The summed E-state index contributed by atoms with van der Waals surface area (Å²) in [5, 5.41) is 0.668. The largest absolute Gasteiger partial charge is 0.481 e. The minimum atomic E-state index is -0.584. The van der Waals surface area contributed by atoms with Crippen LogP contribution in [0.2, 0.25) is 10.0 Å². The fraction of sp³-hybridized carbons (Fsp3) is 0.0500. The molecule has 0 atom stereocenters. The molecule has 0 amide bonds. The minimum absolute atomic E-state index is 0.202. The lowest BCUT2D eigenvalue weighted by Gasteiger charge is -2.11. The van der Waals surface area contributed by atoms with Crippen molar-refractivity contribution in [2.75, 3.05) is 6.61 Å². The zero-order valence-corrected chi connectivity index (χ0v) is 18.4. The molecule has 0 N–H and O–H groups in total. The molecule has 3 aromatic carbocycles. The van der Waals surface area contributed by atoms with Crippen LogP contribution in [-0.4, -0.2) is 12.6 Å². The first kappa shape index (κ1) is 20.2. The minimum Gasteiger partial charge on any atom is -0.481 e. The quantitative estimate of drug-likeness (QED) is 0.259. The van der Waals surface area contributed by atoms with Crippen LogP contribution in [0.5, 0.6) is 11.5 Å². The average molecular weight is 531 g/mol. The number of esters is 1. The summed E-state index contributed by atoms with van der Waals surface area (Å²) in [7, 11) is 0. The number of carbonyl (C=O) groups excluding carboxylic acids is 1. The van der Waals surface area contributed by atoms with Crippen LogP contribution in [-0.2, 0) is 4.79 Å². The maximum Gasteiger partial charge on any atom is 0.349 e. The summed E-state index contributed by atoms with van der Waals surface area (Å²) in [4.78, 5) is 12.1. The zero-order chi connectivity index (χ0) is 19.4. The number of hydrogen-bond donors (Lipinski definition) is 0. The van der Waals surface area contributed by atoms with Crippen LogP contribution < -0.4 is 9.47 Å². The summed E-state index contributed by atoms with van der Waals surface area (Å²) in [6.07, 6.45) is 0. The van der Waals surface area contributed by atoms with Gasteiger partial charge in [0.1, 0.15) is 5.75 Å². The average Bonchev–Trinajstić information content (AvgIpc) is 2.64. The first-order valence-corrected chi connectivity index (χ1v) is 10.1. The lowest BCUT2D eigenvalue weighted by Crippen LogP contribution is -2.18. The number of ether oxygens (including phenoxy) is 2. The zero-order valence-electron chi connectivity index (χ0n) is 13.7. The van der Waals surface area contributed by atoms with Gasteiger partial charge in [0.15, 0.2) is 12.4 Å². The smallest absolute Gasteiger partial charge is 0.349 e. The first-order chi connectivity index (χ1) is 12.9. The second kappa shape index (κ2) is 9.11. The van der Waals surface area contributed by atoms with Gasteiger partial charge in [-0.15, -0.1) is 0 Å². The predicted octanol–water partition coefficient (Wildman–Crippen LogP) is 7.17. The van der Waals surface area contributed by atoms with Gasteiger partial charge in [-0.3, -0.25) is 0 Å². The van der Waals surface area contributed by atoms with Gasteiger partial charge in [0, 0.05) is 5.02 Å². The molecule has 0 aliphatic rings. The molecule has 27 heavy (non-hydrogen) atoms. The molecule has 0 spiro atoms. The van der Waals surface area contributed by atoms with Gasteiger partial charge in [-0.1, -0.05) is 59.6 Å². The van der Waals surface area contributed by atoms with Crippen molar-refractivity contribution < 1.29 is 14.3 Å². The van der Waals surface area contributed by atoms with Gasteiger partial charge < -0.3 is 9.47 Å². The summed E-state index contributed by atoms with van der Waals surface area (Å²) in [6, 6.07) is 18.7. The molecule has 0 radical (unpaired) electrons. The highest BCUT2D eigenvalue weighted by atomic mass is 79.9. The molecule has 0 saturated heterocycles. The molecular formula is C20H12Br2Cl2O3. The standard InChI is InChI=1S/C20H12Br2Cl2O3/c21-15-8-13(12-4-2-1-3-5-12)6-7-18(15)26-11-19(25)27-20-16(22)9-14(23)10-17(20)24/h1-10H,11H2. The Kier molecular flexibility index (Phi) is 6.82. The summed E-state index contributed by atoms with van der Waals surface area (Å²) < 4.78 is 12.1. The normalized spacial score (nSPS) is 10.5. The van der Waals surface area contributed by atoms with Crippen LogP contribution in [0.15, 0.2) is 69.6 Å². The van der Waals surface area contributed by atoms with E-state index in [4.69, 9.17) is 32.7 Å². The van der Waals surface area contributed by atoms with Crippen LogP contribution in [0.3, 0.4) is 0 Å². The predicted molar refractivity (Wildman–Crippen MR) is 115 cm³/mol. The van der Waals surface area contributed by atoms with Crippen molar-refractivity contribution >= 4 is 61.0 Å². The van der Waals surface area contributed by atoms with Crippen LogP contribution in [0.25, 0.3) is 11.1 Å². The monoisotopic (exact) mass is 528 g/mol. The fourth-order valence-electron chi connectivity index (χ4n) is 2.33. The Morgan fingerprint density at radius 1 is 0.889 bits per heavy atom. The molecule has 3 nitrogen and oxygen atoms in total. The molecule has 0 bridgehead atoms. The van der Waals surface area contributed by atoms with Crippen molar-refractivity contribution in [2.24, 2.45) is 0 Å². The van der Waals surface area contributed by atoms with E-state index < -0.39 is 5.97 Å². The van der Waals surface area contributed by atoms with Crippen LogP contribution in [0.1, 0.15) is 0 Å². The Bertz CT molecular complexity index is 955. The maximum absolute atomic E-state index is 12.1. The van der Waals surface area contributed by atoms with Gasteiger partial charge in [0.25, 0.3) is 0 Å². The molecule has 0 saturated carbocycles. The molecule has 3 rings (SSSR count). The molecule has 0 aliphatic carbocycles. The highest BCUT2D eigenvalue weighted by molar-refractivity contribution is 9.11. The molecule has 138 valence electrons. The lowest BCUT2D eigenvalue weighted by molar-refractivity contribution is -0.136. The van der Waals surface area contributed by atoms with E-state index in [1.54, 1.807) is 12.1 Å². The Morgan fingerprint density at radius 2 is 1.63 bits per heavy atom. The summed E-state index contributed by atoms with van der Waals surface area (Å²) in [6.45, 7) is -0.269. The van der Waals surface area contributed by atoms with Crippen LogP contribution >= 0.6 is 55.1 Å². The topological polar surface area (TPSA) is 35.5 Å². The summed E-state index contributed by atoms with van der Waals surface area (Å²) in [5.41, 5.74) is 2.13. The van der Waals surface area contributed by atoms with Crippen LogP contribution in [0, 0.1) is 0 Å². The Balaban J connectivity index is 1.66. The van der Waals surface area contributed by atoms with Crippen molar-refractivity contribution in [1.29, 1.82) is 0 Å². The summed E-state index contributed by atoms with van der Waals surface area (Å²) >= 11 is 18.7. The van der Waals surface area contributed by atoms with Gasteiger partial charge >= 0.3 is 5.97 Å². The van der Waals surface area contributed by atoms with Crippen molar-refractivity contribution in [3.05, 3.63) is 79.7 Å². The highest BCUT2D eigenvalue weighted by Gasteiger charge is 2.15. The number of rotatable bonds is 5. The molecule has 0 aromatic heterocycles. The van der Waals surface area contributed by atoms with E-state index in [0.29, 0.717) is 15.2 Å². The van der Waals surface area contributed by atoms with E-state index in [1.807, 2.05) is 42.5 Å². The van der Waals surface area contributed by atoms with E-state index in [0.717, 1.165) is 15.6 Å². The number of hydrogen-bond acceptors (Lipinski definition) is 3. The third-order valence-corrected chi connectivity index (χ3v) is 5.27. The molecule has 0 aliphatic heterocycles. The van der Waals surface area contributed by atoms with Crippen molar-refractivity contribution in [3.8, 4) is 22.6 Å². The fourth-order valence-corrected chi connectivity index (χ4v) is 4.15. The van der Waals surface area contributed by atoms with Crippen molar-refractivity contribution in [3.63, 3.8) is 0 Å². The van der Waals surface area contributed by atoms with Gasteiger partial charge in [0.05, 0.1) is 14.0 Å². The lowest BCUT2D eigenvalue weighted by atomic mass is 10.1. The molecule has 0 unspecified atom stereocenters. The number of benzene rings is 3. The molecular weight excluding hydrogens is 519 g/mol. The van der Waals surface area contributed by atoms with Crippen molar-refractivity contribution in [2.45, 2.75) is 0 Å².